The molecule has 0 aliphatic heterocycles. The van der Waals surface area contributed by atoms with Gasteiger partial charge in [-0.2, -0.15) is 12.8 Å². The SMILES string of the molecule is COc1ccc(S(=O)(=O)/N=C2\C(Cl)=C(Cl)C(=O)c3ccccc32)cc1. The van der Waals surface area contributed by atoms with Gasteiger partial charge in [0.2, 0.25) is 5.78 Å². The first-order valence-electron chi connectivity index (χ1n) is 7.04. The molecule has 2 aromatic carbocycles. The molecule has 5 nitrogen and oxygen atoms in total. The molecule has 1 aliphatic carbocycles. The number of sulfonamides is 1. The highest BCUT2D eigenvalue weighted by Crippen LogP contribution is 2.32. The molecule has 0 N–H and O–H groups in total. The summed E-state index contributed by atoms with van der Waals surface area (Å²) in [5.41, 5.74) is 0.511. The Bertz CT molecular complexity index is 1020. The van der Waals surface area contributed by atoms with Crippen LogP contribution >= 0.6 is 23.2 Å². The van der Waals surface area contributed by atoms with Crippen molar-refractivity contribution in [2.24, 2.45) is 4.40 Å². The summed E-state index contributed by atoms with van der Waals surface area (Å²) in [6.45, 7) is 0. The molecule has 2 aromatic rings. The summed E-state index contributed by atoms with van der Waals surface area (Å²) >= 11 is 12.1. The molecule has 8 heteroatoms. The summed E-state index contributed by atoms with van der Waals surface area (Å²) in [6, 6.07) is 12.2. The Hall–Kier alpha value is -2.15. The highest BCUT2D eigenvalue weighted by molar-refractivity contribution is 7.90. The Kier molecular flexibility index (Phi) is 4.69. The largest absolute Gasteiger partial charge is 0.497 e. The van der Waals surface area contributed by atoms with Crippen molar-refractivity contribution in [3.8, 4) is 5.75 Å². The van der Waals surface area contributed by atoms with Crippen LogP contribution in [0.25, 0.3) is 0 Å². The molecule has 0 amide bonds. The highest BCUT2D eigenvalue weighted by Gasteiger charge is 2.30. The maximum Gasteiger partial charge on any atom is 0.282 e. The molecule has 0 aromatic heterocycles. The number of benzene rings is 2. The van der Waals surface area contributed by atoms with Gasteiger partial charge in [0.05, 0.1) is 17.0 Å². The number of ketones is 1. The number of Topliss-reactive ketones (excluding diaryl/α,β-unsaturated/α-hetero) is 1. The van der Waals surface area contributed by atoms with Crippen molar-refractivity contribution in [3.63, 3.8) is 0 Å². The second-order valence-corrected chi connectivity index (χ2v) is 7.45. The molecule has 0 atom stereocenters. The van der Waals surface area contributed by atoms with E-state index in [1.807, 2.05) is 0 Å². The van der Waals surface area contributed by atoms with Crippen LogP contribution in [-0.2, 0) is 10.0 Å². The zero-order valence-electron chi connectivity index (χ0n) is 12.9. The third-order valence-electron chi connectivity index (χ3n) is 3.60. The van der Waals surface area contributed by atoms with Crippen LogP contribution in [0.3, 0.4) is 0 Å². The zero-order valence-corrected chi connectivity index (χ0v) is 15.2. The number of hydrogen-bond acceptors (Lipinski definition) is 4. The molecular formula is C17H11Cl2NO4S. The number of carbonyl (C=O) groups is 1. The van der Waals surface area contributed by atoms with Gasteiger partial charge >= 0.3 is 0 Å². The molecule has 0 saturated heterocycles. The van der Waals surface area contributed by atoms with E-state index >= 15 is 0 Å². The topological polar surface area (TPSA) is 72.8 Å². The molecular weight excluding hydrogens is 385 g/mol. The third kappa shape index (κ3) is 3.20. The van der Waals surface area contributed by atoms with Gasteiger partial charge in [0.15, 0.2) is 0 Å². The molecule has 0 saturated carbocycles. The van der Waals surface area contributed by atoms with Gasteiger partial charge in [-0.25, -0.2) is 0 Å². The highest BCUT2D eigenvalue weighted by atomic mass is 35.5. The van der Waals surface area contributed by atoms with E-state index in [4.69, 9.17) is 27.9 Å². The van der Waals surface area contributed by atoms with Crippen molar-refractivity contribution < 1.29 is 17.9 Å². The smallest absolute Gasteiger partial charge is 0.282 e. The van der Waals surface area contributed by atoms with E-state index in [1.54, 1.807) is 24.3 Å². The van der Waals surface area contributed by atoms with Crippen LogP contribution in [0.1, 0.15) is 15.9 Å². The molecule has 1 aliphatic rings. The Labute approximate surface area is 154 Å². The van der Waals surface area contributed by atoms with Gasteiger partial charge in [-0.1, -0.05) is 47.5 Å². The fraction of sp³-hybridized carbons (Fsp3) is 0.0588. The van der Waals surface area contributed by atoms with Gasteiger partial charge in [0.1, 0.15) is 16.5 Å². The van der Waals surface area contributed by atoms with Gasteiger partial charge in [-0.3, -0.25) is 4.79 Å². The number of fused-ring (bicyclic) bond motifs is 1. The van der Waals surface area contributed by atoms with Crippen LogP contribution in [0.2, 0.25) is 0 Å². The minimum atomic E-state index is -4.06. The van der Waals surface area contributed by atoms with Gasteiger partial charge in [-0.05, 0) is 24.3 Å². The summed E-state index contributed by atoms with van der Waals surface area (Å²) in [4.78, 5) is 12.2. The zero-order chi connectivity index (χ0) is 18.2. The number of hydrogen-bond donors (Lipinski definition) is 0. The number of allylic oxidation sites excluding steroid dienone is 2. The molecule has 25 heavy (non-hydrogen) atoms. The Morgan fingerprint density at radius 3 is 2.12 bits per heavy atom. The molecule has 128 valence electrons. The Morgan fingerprint density at radius 2 is 1.52 bits per heavy atom. The lowest BCUT2D eigenvalue weighted by molar-refractivity contribution is 0.104. The van der Waals surface area contributed by atoms with Crippen LogP contribution in [0.4, 0.5) is 0 Å². The summed E-state index contributed by atoms with van der Waals surface area (Å²) < 4.78 is 34.0. The van der Waals surface area contributed by atoms with E-state index in [2.05, 4.69) is 4.40 Å². The maximum absolute atomic E-state index is 12.6. The van der Waals surface area contributed by atoms with E-state index in [0.29, 0.717) is 11.3 Å². The van der Waals surface area contributed by atoms with E-state index in [9.17, 15) is 13.2 Å². The lowest BCUT2D eigenvalue weighted by Crippen LogP contribution is -2.19. The van der Waals surface area contributed by atoms with Gasteiger partial charge in [-0.15, -0.1) is 0 Å². The number of halogens is 2. The van der Waals surface area contributed by atoms with Crippen molar-refractivity contribution >= 4 is 44.7 Å². The summed E-state index contributed by atoms with van der Waals surface area (Å²) in [5, 5.41) is -0.452. The average Bonchev–Trinajstić information content (AvgIpc) is 2.63. The third-order valence-corrected chi connectivity index (χ3v) is 5.71. The molecule has 0 fully saturated rings. The minimum Gasteiger partial charge on any atom is -0.497 e. The Morgan fingerprint density at radius 1 is 0.920 bits per heavy atom. The predicted molar refractivity (Wildman–Crippen MR) is 96.2 cm³/mol. The molecule has 0 bridgehead atoms. The first-order valence-corrected chi connectivity index (χ1v) is 9.23. The van der Waals surface area contributed by atoms with Gasteiger partial charge < -0.3 is 4.74 Å². The quantitative estimate of drug-likeness (QED) is 0.792. The lowest BCUT2D eigenvalue weighted by atomic mass is 9.94. The number of rotatable bonds is 3. The van der Waals surface area contributed by atoms with Crippen molar-refractivity contribution in [2.75, 3.05) is 7.11 Å². The van der Waals surface area contributed by atoms with Crippen LogP contribution in [0, 0.1) is 0 Å². The Balaban J connectivity index is 2.17. The fourth-order valence-electron chi connectivity index (χ4n) is 2.34. The summed E-state index contributed by atoms with van der Waals surface area (Å²) in [6.07, 6.45) is 0. The van der Waals surface area contributed by atoms with Crippen LogP contribution in [0.15, 0.2) is 67.9 Å². The maximum atomic E-state index is 12.6. The summed E-state index contributed by atoms with van der Waals surface area (Å²) in [7, 11) is -2.58. The second-order valence-electron chi connectivity index (χ2n) is 5.09. The normalized spacial score (nSPS) is 16.1. The standard InChI is InChI=1S/C17H11Cl2NO4S/c1-24-10-6-8-11(9-7-10)25(22,23)20-16-12-4-2-3-5-13(12)17(21)15(19)14(16)18/h2-9H,1H3/b20-16-. The monoisotopic (exact) mass is 395 g/mol. The van der Waals surface area contributed by atoms with Gasteiger partial charge in [0.25, 0.3) is 10.0 Å². The first kappa shape index (κ1) is 17.7. The number of carbonyl (C=O) groups excluding carboxylic acids is 1. The minimum absolute atomic E-state index is 0.0317. The van der Waals surface area contributed by atoms with Crippen molar-refractivity contribution in [3.05, 3.63) is 69.7 Å². The first-order chi connectivity index (χ1) is 11.8. The molecule has 3 rings (SSSR count). The van der Waals surface area contributed by atoms with E-state index in [0.717, 1.165) is 0 Å². The number of nitrogens with zero attached hydrogens (tertiary/aromatic N) is 1. The van der Waals surface area contributed by atoms with Crippen molar-refractivity contribution in [2.45, 2.75) is 4.90 Å². The fourth-order valence-corrected chi connectivity index (χ4v) is 3.82. The molecule has 0 spiro atoms. The summed E-state index contributed by atoms with van der Waals surface area (Å²) in [5.74, 6) is 0.0456. The van der Waals surface area contributed by atoms with Crippen LogP contribution < -0.4 is 4.74 Å². The lowest BCUT2D eigenvalue weighted by Gasteiger charge is -2.17. The molecule has 0 unspecified atom stereocenters. The average molecular weight is 396 g/mol. The van der Waals surface area contributed by atoms with E-state index in [-0.39, 0.29) is 26.2 Å². The molecule has 0 radical (unpaired) electrons. The van der Waals surface area contributed by atoms with Gasteiger partial charge in [0, 0.05) is 11.1 Å². The molecule has 0 heterocycles. The van der Waals surface area contributed by atoms with Crippen molar-refractivity contribution in [1.29, 1.82) is 0 Å². The second kappa shape index (κ2) is 6.63. The van der Waals surface area contributed by atoms with E-state index in [1.165, 1.54) is 31.4 Å². The number of methoxy groups -OCH3 is 1. The van der Waals surface area contributed by atoms with Crippen molar-refractivity contribution in [1.82, 2.24) is 0 Å². The van der Waals surface area contributed by atoms with Crippen LogP contribution in [-0.4, -0.2) is 27.0 Å². The number of ether oxygens (including phenoxy) is 1. The van der Waals surface area contributed by atoms with Crippen LogP contribution in [0.5, 0.6) is 5.75 Å². The predicted octanol–water partition coefficient (Wildman–Crippen LogP) is 3.76. The van der Waals surface area contributed by atoms with E-state index < -0.39 is 15.8 Å².